The van der Waals surface area contributed by atoms with E-state index in [1.165, 1.54) is 0 Å². The van der Waals surface area contributed by atoms with Gasteiger partial charge >= 0.3 is 5.97 Å². The number of likely N-dealkylation sites (tertiary alicyclic amines) is 1. The molecule has 3 aliphatic heterocycles. The minimum atomic E-state index is -1.39. The summed E-state index contributed by atoms with van der Waals surface area (Å²) in [6, 6.07) is -0.123. The molecule has 0 amide bonds. The zero-order valence-electron chi connectivity index (χ0n) is 29.5. The third-order valence-electron chi connectivity index (χ3n) is 10.6. The zero-order chi connectivity index (χ0) is 33.0. The Hall–Kier alpha value is -1.14. The molecule has 44 heavy (non-hydrogen) atoms. The highest BCUT2D eigenvalue weighted by Crippen LogP contribution is 2.37. The molecule has 0 radical (unpaired) electrons. The van der Waals surface area contributed by atoms with Crippen LogP contribution >= 0.6 is 0 Å². The number of carbonyl (C=O) groups excluding carboxylic acids is 2. The first-order valence-corrected chi connectivity index (χ1v) is 16.9. The fourth-order valence-corrected chi connectivity index (χ4v) is 7.80. The minimum absolute atomic E-state index is 0.0351. The highest BCUT2D eigenvalue weighted by atomic mass is 16.7. The van der Waals surface area contributed by atoms with E-state index in [1.807, 2.05) is 39.8 Å². The Morgan fingerprint density at radius 2 is 1.73 bits per heavy atom. The van der Waals surface area contributed by atoms with Crippen LogP contribution in [0.15, 0.2) is 0 Å². The second-order valence-corrected chi connectivity index (χ2v) is 15.0. The van der Waals surface area contributed by atoms with Crippen LogP contribution in [-0.2, 0) is 28.5 Å². The van der Waals surface area contributed by atoms with Gasteiger partial charge in [0.15, 0.2) is 12.1 Å². The van der Waals surface area contributed by atoms with E-state index in [-0.39, 0.29) is 42.4 Å². The van der Waals surface area contributed by atoms with Crippen molar-refractivity contribution in [1.82, 2.24) is 14.7 Å². The molecule has 0 spiro atoms. The first kappa shape index (κ1) is 37.3. The van der Waals surface area contributed by atoms with Crippen LogP contribution in [0.4, 0.5) is 0 Å². The highest BCUT2D eigenvalue weighted by Gasteiger charge is 2.49. The lowest BCUT2D eigenvalue weighted by Crippen LogP contribution is -2.57. The van der Waals surface area contributed by atoms with E-state index in [2.05, 4.69) is 30.7 Å². The number of ether oxygens (including phenoxy) is 4. The number of methoxy groups -OCH3 is 1. The molecule has 3 saturated heterocycles. The van der Waals surface area contributed by atoms with E-state index < -0.39 is 35.5 Å². The third-order valence-corrected chi connectivity index (χ3v) is 10.6. The van der Waals surface area contributed by atoms with Gasteiger partial charge in [-0.3, -0.25) is 14.5 Å². The topological polar surface area (TPSA) is 101 Å². The van der Waals surface area contributed by atoms with Crippen LogP contribution in [0.1, 0.15) is 87.0 Å². The van der Waals surface area contributed by atoms with E-state index in [1.54, 1.807) is 21.0 Å². The van der Waals surface area contributed by atoms with Crippen molar-refractivity contribution in [3.63, 3.8) is 0 Å². The number of aliphatic hydroxyl groups excluding tert-OH is 1. The van der Waals surface area contributed by atoms with Gasteiger partial charge in [0, 0.05) is 32.2 Å². The fraction of sp³-hybridized carbons (Fsp3) is 0.941. The van der Waals surface area contributed by atoms with Gasteiger partial charge in [-0.1, -0.05) is 13.8 Å². The standard InChI is InChI=1S/C34H63N3O7/c1-12-15-37-16-13-25(14-17-37)29-24(4)43-32(40)33(5,6)27(38)19-28(34(7,41-11)20-22(2)21-36(29)10)44-31-30(39)26(35(8)9)18-23(3)42-31/h22-26,28-31,39H,12-21H2,1-11H3/t22-,23-,24-,26+,28-,29?,30-,31+,34-/m1/s1. The van der Waals surface area contributed by atoms with Gasteiger partial charge in [-0.25, -0.2) is 0 Å². The quantitative estimate of drug-likeness (QED) is 0.334. The number of rotatable bonds is 7. The molecule has 0 aromatic rings. The van der Waals surface area contributed by atoms with Crippen molar-refractivity contribution in [3.05, 3.63) is 0 Å². The molecule has 9 atom stereocenters. The number of aliphatic hydroxyl groups is 1. The van der Waals surface area contributed by atoms with E-state index in [9.17, 15) is 14.7 Å². The van der Waals surface area contributed by atoms with Crippen molar-refractivity contribution in [2.75, 3.05) is 54.4 Å². The molecule has 0 aliphatic carbocycles. The Labute approximate surface area is 267 Å². The van der Waals surface area contributed by atoms with Crippen molar-refractivity contribution in [3.8, 4) is 0 Å². The number of piperidine rings is 1. The van der Waals surface area contributed by atoms with Gasteiger partial charge in [0.05, 0.1) is 17.8 Å². The second-order valence-electron chi connectivity index (χ2n) is 15.0. The molecule has 0 aromatic heterocycles. The summed E-state index contributed by atoms with van der Waals surface area (Å²) < 4.78 is 25.0. The predicted octanol–water partition coefficient (Wildman–Crippen LogP) is 3.58. The van der Waals surface area contributed by atoms with Gasteiger partial charge in [-0.15, -0.1) is 0 Å². The third kappa shape index (κ3) is 8.81. The van der Waals surface area contributed by atoms with E-state index in [0.29, 0.717) is 18.8 Å². The fourth-order valence-electron chi connectivity index (χ4n) is 7.80. The molecule has 256 valence electrons. The number of esters is 1. The summed E-state index contributed by atoms with van der Waals surface area (Å²) in [6.45, 7) is 17.6. The SMILES string of the molecule is CCCN1CCC(C2[C@@H](C)OC(=O)C(C)(C)C(=O)C[C@@H](O[C@@H]3O[C@H](C)C[C@H](N(C)C)[C@H]3O)[C@](C)(OC)C[C@@H](C)CN2C)CC1. The lowest BCUT2D eigenvalue weighted by molar-refractivity contribution is -0.289. The molecule has 3 aliphatic rings. The first-order valence-electron chi connectivity index (χ1n) is 16.9. The van der Waals surface area contributed by atoms with Gasteiger partial charge < -0.3 is 33.9 Å². The number of hydrogen-bond acceptors (Lipinski definition) is 10. The average Bonchev–Trinajstić information content (AvgIpc) is 2.94. The van der Waals surface area contributed by atoms with Crippen molar-refractivity contribution >= 4 is 11.8 Å². The van der Waals surface area contributed by atoms with Crippen LogP contribution in [0.3, 0.4) is 0 Å². The Balaban J connectivity index is 1.94. The van der Waals surface area contributed by atoms with Gasteiger partial charge in [-0.05, 0) is 119 Å². The van der Waals surface area contributed by atoms with E-state index >= 15 is 0 Å². The average molecular weight is 626 g/mol. The molecule has 3 rings (SSSR count). The number of ketones is 1. The monoisotopic (exact) mass is 625 g/mol. The van der Waals surface area contributed by atoms with Crippen LogP contribution < -0.4 is 0 Å². The smallest absolute Gasteiger partial charge is 0.319 e. The summed E-state index contributed by atoms with van der Waals surface area (Å²) in [7, 11) is 7.64. The number of carbonyl (C=O) groups is 2. The van der Waals surface area contributed by atoms with E-state index in [4.69, 9.17) is 18.9 Å². The lowest BCUT2D eigenvalue weighted by Gasteiger charge is -2.45. The molecular formula is C34H63N3O7. The second kappa shape index (κ2) is 15.6. The van der Waals surface area contributed by atoms with Crippen LogP contribution in [-0.4, -0.2) is 134 Å². The number of nitrogens with zero attached hydrogens (tertiary/aromatic N) is 3. The molecule has 0 bridgehead atoms. The number of likely N-dealkylation sites (N-methyl/N-ethyl adjacent to an activating group) is 2. The molecular weight excluding hydrogens is 562 g/mol. The molecule has 1 unspecified atom stereocenters. The molecule has 0 aromatic carbocycles. The van der Waals surface area contributed by atoms with Crippen LogP contribution in [0, 0.1) is 17.3 Å². The van der Waals surface area contributed by atoms with Crippen molar-refractivity contribution in [2.24, 2.45) is 17.3 Å². The van der Waals surface area contributed by atoms with Crippen LogP contribution in [0.25, 0.3) is 0 Å². The van der Waals surface area contributed by atoms with E-state index in [0.717, 1.165) is 45.4 Å². The van der Waals surface area contributed by atoms with Crippen molar-refractivity contribution < 1.29 is 33.6 Å². The molecule has 10 heteroatoms. The summed E-state index contributed by atoms with van der Waals surface area (Å²) >= 11 is 0. The van der Waals surface area contributed by atoms with Gasteiger partial charge in [-0.2, -0.15) is 0 Å². The number of Topliss-reactive ketones (excluding diaryl/α,β-unsaturated/α-hetero) is 1. The largest absolute Gasteiger partial charge is 0.460 e. The maximum absolute atomic E-state index is 14.0. The maximum atomic E-state index is 14.0. The Morgan fingerprint density at radius 3 is 2.30 bits per heavy atom. The number of hydrogen-bond donors (Lipinski definition) is 1. The minimum Gasteiger partial charge on any atom is -0.460 e. The van der Waals surface area contributed by atoms with Gasteiger partial charge in [0.2, 0.25) is 0 Å². The first-order chi connectivity index (χ1) is 20.5. The molecule has 1 N–H and O–H groups in total. The number of cyclic esters (lactones) is 1. The summed E-state index contributed by atoms with van der Waals surface area (Å²) in [5.41, 5.74) is -2.27. The molecule has 10 nitrogen and oxygen atoms in total. The molecule has 3 fully saturated rings. The summed E-state index contributed by atoms with van der Waals surface area (Å²) in [5.74, 6) is -0.239. The Morgan fingerprint density at radius 1 is 1.09 bits per heavy atom. The Bertz CT molecular complexity index is 940. The molecule has 0 saturated carbocycles. The predicted molar refractivity (Wildman–Crippen MR) is 171 cm³/mol. The Kier molecular flexibility index (Phi) is 13.3. The van der Waals surface area contributed by atoms with Crippen LogP contribution in [0.2, 0.25) is 0 Å². The zero-order valence-corrected chi connectivity index (χ0v) is 29.5. The van der Waals surface area contributed by atoms with Gasteiger partial charge in [0.1, 0.15) is 17.6 Å². The highest BCUT2D eigenvalue weighted by molar-refractivity contribution is 6.03. The van der Waals surface area contributed by atoms with Crippen molar-refractivity contribution in [1.29, 1.82) is 0 Å². The van der Waals surface area contributed by atoms with Crippen LogP contribution in [0.5, 0.6) is 0 Å². The maximum Gasteiger partial charge on any atom is 0.319 e. The normalized spacial score (nSPS) is 39.4. The summed E-state index contributed by atoms with van der Waals surface area (Å²) in [6.07, 6.45) is 1.34. The van der Waals surface area contributed by atoms with Gasteiger partial charge in [0.25, 0.3) is 0 Å². The van der Waals surface area contributed by atoms with Crippen molar-refractivity contribution in [2.45, 2.75) is 135 Å². The lowest BCUT2D eigenvalue weighted by atomic mass is 9.79. The summed E-state index contributed by atoms with van der Waals surface area (Å²) in [4.78, 5) is 34.6. The molecule has 3 heterocycles. The summed E-state index contributed by atoms with van der Waals surface area (Å²) in [5, 5.41) is 11.3.